The number of aliphatic imine (C=N–C) groups is 1. The Balaban J connectivity index is 1.86. The number of nitrogens with zero attached hydrogens (tertiary/aromatic N) is 2. The summed E-state index contributed by atoms with van der Waals surface area (Å²) in [7, 11) is 1.70. The summed E-state index contributed by atoms with van der Waals surface area (Å²) in [6.07, 6.45) is 0. The van der Waals surface area contributed by atoms with Crippen molar-refractivity contribution in [3.63, 3.8) is 0 Å². The monoisotopic (exact) mass is 286 g/mol. The molecule has 1 aromatic carbocycles. The van der Waals surface area contributed by atoms with E-state index in [2.05, 4.69) is 20.6 Å². The number of hydrogen-bond donors (Lipinski definition) is 2. The summed E-state index contributed by atoms with van der Waals surface area (Å²) in [4.78, 5) is 8.55. The first-order valence-corrected chi connectivity index (χ1v) is 6.79. The number of rotatable bonds is 4. The van der Waals surface area contributed by atoms with Gasteiger partial charge in [0.25, 0.3) is 0 Å². The average molecular weight is 286 g/mol. The van der Waals surface area contributed by atoms with E-state index in [1.54, 1.807) is 13.1 Å². The first kappa shape index (κ1) is 15.0. The molecule has 1 heterocycles. The van der Waals surface area contributed by atoms with Crippen LogP contribution in [0.3, 0.4) is 0 Å². The third kappa shape index (κ3) is 4.87. The molecule has 0 aliphatic carbocycles. The van der Waals surface area contributed by atoms with Gasteiger partial charge < -0.3 is 10.6 Å². The molecule has 0 aliphatic rings. The topological polar surface area (TPSA) is 49.3 Å². The number of aromatic nitrogens is 1. The van der Waals surface area contributed by atoms with Crippen molar-refractivity contribution in [2.75, 3.05) is 7.05 Å². The zero-order valence-electron chi connectivity index (χ0n) is 12.2. The van der Waals surface area contributed by atoms with Crippen LogP contribution in [0, 0.1) is 12.7 Å². The highest BCUT2D eigenvalue weighted by Gasteiger charge is 2.01. The van der Waals surface area contributed by atoms with Crippen molar-refractivity contribution in [2.45, 2.75) is 20.0 Å². The first-order chi connectivity index (χ1) is 10.2. The third-order valence-electron chi connectivity index (χ3n) is 2.96. The lowest BCUT2D eigenvalue weighted by molar-refractivity contribution is 0.624. The van der Waals surface area contributed by atoms with Crippen molar-refractivity contribution in [1.82, 2.24) is 15.6 Å². The second-order valence-corrected chi connectivity index (χ2v) is 4.68. The van der Waals surface area contributed by atoms with Crippen molar-refractivity contribution < 1.29 is 4.39 Å². The standard InChI is InChI=1S/C16H19FN4/c1-12-5-3-8-15(21-12)11-20-16(18-2)19-10-13-6-4-7-14(17)9-13/h3-9H,10-11H2,1-2H3,(H2,18,19,20). The van der Waals surface area contributed by atoms with Crippen LogP contribution in [-0.4, -0.2) is 18.0 Å². The molecule has 0 atom stereocenters. The van der Waals surface area contributed by atoms with Gasteiger partial charge >= 0.3 is 0 Å². The fraction of sp³-hybridized carbons (Fsp3) is 0.250. The van der Waals surface area contributed by atoms with Gasteiger partial charge in [-0.15, -0.1) is 0 Å². The van der Waals surface area contributed by atoms with Gasteiger partial charge in [0, 0.05) is 19.3 Å². The van der Waals surface area contributed by atoms with Crippen molar-refractivity contribution in [2.24, 2.45) is 4.99 Å². The molecule has 110 valence electrons. The highest BCUT2D eigenvalue weighted by Crippen LogP contribution is 2.02. The van der Waals surface area contributed by atoms with Gasteiger partial charge in [-0.2, -0.15) is 0 Å². The van der Waals surface area contributed by atoms with E-state index in [1.807, 2.05) is 31.2 Å². The predicted molar refractivity (Wildman–Crippen MR) is 82.4 cm³/mol. The Morgan fingerprint density at radius 3 is 2.62 bits per heavy atom. The zero-order chi connectivity index (χ0) is 15.1. The molecule has 0 amide bonds. The van der Waals surface area contributed by atoms with Gasteiger partial charge in [-0.05, 0) is 36.8 Å². The summed E-state index contributed by atoms with van der Waals surface area (Å²) in [6, 6.07) is 12.4. The van der Waals surface area contributed by atoms with Crippen LogP contribution in [0.4, 0.5) is 4.39 Å². The Bertz CT molecular complexity index is 574. The van der Waals surface area contributed by atoms with E-state index in [0.717, 1.165) is 17.0 Å². The maximum Gasteiger partial charge on any atom is 0.191 e. The first-order valence-electron chi connectivity index (χ1n) is 6.79. The average Bonchev–Trinajstić information content (AvgIpc) is 2.47. The number of nitrogens with one attached hydrogen (secondary N) is 2. The van der Waals surface area contributed by atoms with Crippen LogP contribution in [0.15, 0.2) is 47.5 Å². The summed E-state index contributed by atoms with van der Waals surface area (Å²) in [5.74, 6) is 0.420. The molecule has 0 saturated heterocycles. The molecule has 1 aromatic heterocycles. The Morgan fingerprint density at radius 2 is 1.90 bits per heavy atom. The van der Waals surface area contributed by atoms with Crippen LogP contribution < -0.4 is 10.6 Å². The van der Waals surface area contributed by atoms with Gasteiger partial charge in [0.05, 0.1) is 12.2 Å². The fourth-order valence-corrected chi connectivity index (χ4v) is 1.93. The lowest BCUT2D eigenvalue weighted by Crippen LogP contribution is -2.36. The molecule has 0 saturated carbocycles. The highest BCUT2D eigenvalue weighted by molar-refractivity contribution is 5.79. The molecule has 4 nitrogen and oxygen atoms in total. The number of pyridine rings is 1. The van der Waals surface area contributed by atoms with Gasteiger partial charge in [-0.1, -0.05) is 18.2 Å². The van der Waals surface area contributed by atoms with Crippen LogP contribution in [-0.2, 0) is 13.1 Å². The molecule has 0 bridgehead atoms. The molecule has 0 radical (unpaired) electrons. The maximum atomic E-state index is 13.1. The number of aryl methyl sites for hydroxylation is 1. The number of hydrogen-bond acceptors (Lipinski definition) is 2. The summed E-state index contributed by atoms with van der Waals surface area (Å²) in [6.45, 7) is 3.06. The number of halogens is 1. The Hall–Kier alpha value is -2.43. The molecule has 0 aliphatic heterocycles. The smallest absolute Gasteiger partial charge is 0.191 e. The van der Waals surface area contributed by atoms with Gasteiger partial charge in [0.15, 0.2) is 5.96 Å². The quantitative estimate of drug-likeness (QED) is 0.670. The minimum Gasteiger partial charge on any atom is -0.352 e. The molecule has 2 rings (SSSR count). The molecular weight excluding hydrogens is 267 g/mol. The normalized spacial score (nSPS) is 11.3. The lowest BCUT2D eigenvalue weighted by atomic mass is 10.2. The third-order valence-corrected chi connectivity index (χ3v) is 2.96. The molecule has 2 N–H and O–H groups in total. The Labute approximate surface area is 124 Å². The second kappa shape index (κ2) is 7.38. The minimum absolute atomic E-state index is 0.235. The summed E-state index contributed by atoms with van der Waals surface area (Å²) < 4.78 is 13.1. The van der Waals surface area contributed by atoms with E-state index in [0.29, 0.717) is 19.0 Å². The zero-order valence-corrected chi connectivity index (χ0v) is 12.2. The molecule has 0 spiro atoms. The Kier molecular flexibility index (Phi) is 5.26. The van der Waals surface area contributed by atoms with Crippen LogP contribution in [0.25, 0.3) is 0 Å². The fourth-order valence-electron chi connectivity index (χ4n) is 1.93. The Morgan fingerprint density at radius 1 is 1.14 bits per heavy atom. The summed E-state index contributed by atoms with van der Waals surface area (Å²) in [5.41, 5.74) is 2.80. The van der Waals surface area contributed by atoms with Crippen molar-refractivity contribution in [3.05, 3.63) is 65.2 Å². The van der Waals surface area contributed by atoms with E-state index < -0.39 is 0 Å². The molecule has 2 aromatic rings. The summed E-state index contributed by atoms with van der Waals surface area (Å²) >= 11 is 0. The van der Waals surface area contributed by atoms with Crippen LogP contribution in [0.1, 0.15) is 17.0 Å². The van der Waals surface area contributed by atoms with Crippen LogP contribution in [0.2, 0.25) is 0 Å². The number of guanidine groups is 1. The second-order valence-electron chi connectivity index (χ2n) is 4.68. The van der Waals surface area contributed by atoms with Crippen molar-refractivity contribution >= 4 is 5.96 Å². The van der Waals surface area contributed by atoms with Gasteiger partial charge in [0.1, 0.15) is 5.82 Å². The largest absolute Gasteiger partial charge is 0.352 e. The van der Waals surface area contributed by atoms with Gasteiger partial charge in [-0.3, -0.25) is 9.98 Å². The minimum atomic E-state index is -0.235. The SMILES string of the molecule is CN=C(NCc1cccc(F)c1)NCc1cccc(C)n1. The van der Waals surface area contributed by atoms with E-state index in [-0.39, 0.29) is 5.82 Å². The molecule has 0 unspecified atom stereocenters. The molecule has 0 fully saturated rings. The molecular formula is C16H19FN4. The number of benzene rings is 1. The van der Waals surface area contributed by atoms with Gasteiger partial charge in [-0.25, -0.2) is 4.39 Å². The van der Waals surface area contributed by atoms with Crippen LogP contribution >= 0.6 is 0 Å². The van der Waals surface area contributed by atoms with E-state index in [9.17, 15) is 4.39 Å². The van der Waals surface area contributed by atoms with Crippen molar-refractivity contribution in [3.8, 4) is 0 Å². The van der Waals surface area contributed by atoms with E-state index in [1.165, 1.54) is 12.1 Å². The summed E-state index contributed by atoms with van der Waals surface area (Å²) in [5, 5.41) is 6.32. The van der Waals surface area contributed by atoms with E-state index in [4.69, 9.17) is 0 Å². The molecule has 21 heavy (non-hydrogen) atoms. The van der Waals surface area contributed by atoms with Crippen LogP contribution in [0.5, 0.6) is 0 Å². The highest BCUT2D eigenvalue weighted by atomic mass is 19.1. The lowest BCUT2D eigenvalue weighted by Gasteiger charge is -2.12. The predicted octanol–water partition coefficient (Wildman–Crippen LogP) is 2.39. The maximum absolute atomic E-state index is 13.1. The van der Waals surface area contributed by atoms with E-state index >= 15 is 0 Å². The molecule has 5 heteroatoms. The van der Waals surface area contributed by atoms with Crippen molar-refractivity contribution in [1.29, 1.82) is 0 Å². The van der Waals surface area contributed by atoms with Gasteiger partial charge in [0.2, 0.25) is 0 Å².